The van der Waals surface area contributed by atoms with E-state index in [0.29, 0.717) is 19.0 Å². The largest absolute Gasteiger partial charge is 0.486 e. The van der Waals surface area contributed by atoms with Crippen LogP contribution in [0.1, 0.15) is 39.3 Å². The van der Waals surface area contributed by atoms with E-state index in [9.17, 15) is 4.21 Å². The molecule has 0 fully saturated rings. The number of benzene rings is 1. The van der Waals surface area contributed by atoms with Crippen LogP contribution in [0.25, 0.3) is 0 Å². The van der Waals surface area contributed by atoms with Gasteiger partial charge in [0.2, 0.25) is 0 Å². The Labute approximate surface area is 129 Å². The molecule has 2 unspecified atom stereocenters. The Morgan fingerprint density at radius 2 is 1.90 bits per heavy atom. The minimum Gasteiger partial charge on any atom is -0.486 e. The molecule has 21 heavy (non-hydrogen) atoms. The van der Waals surface area contributed by atoms with Crippen LogP contribution in [0, 0.1) is 0 Å². The minimum atomic E-state index is -0.906. The van der Waals surface area contributed by atoms with Crippen molar-refractivity contribution in [1.82, 2.24) is 5.32 Å². The predicted octanol–water partition coefficient (Wildman–Crippen LogP) is 2.66. The van der Waals surface area contributed by atoms with E-state index in [0.717, 1.165) is 23.6 Å². The second kappa shape index (κ2) is 6.79. The first-order valence-corrected chi connectivity index (χ1v) is 8.75. The molecular weight excluding hydrogens is 286 g/mol. The summed E-state index contributed by atoms with van der Waals surface area (Å²) >= 11 is 0. The van der Waals surface area contributed by atoms with Gasteiger partial charge in [0.05, 0.1) is 0 Å². The smallest absolute Gasteiger partial charge is 0.161 e. The Kier molecular flexibility index (Phi) is 5.27. The summed E-state index contributed by atoms with van der Waals surface area (Å²) in [5.74, 6) is 2.16. The number of hydrogen-bond acceptors (Lipinski definition) is 4. The molecule has 2 rings (SSSR count). The molecule has 1 aliphatic heterocycles. The van der Waals surface area contributed by atoms with Crippen molar-refractivity contribution in [3.05, 3.63) is 23.8 Å². The van der Waals surface area contributed by atoms with Gasteiger partial charge >= 0.3 is 0 Å². The average Bonchev–Trinajstić information content (AvgIpc) is 2.45. The summed E-state index contributed by atoms with van der Waals surface area (Å²) in [5, 5.41) is 3.42. The first-order valence-electron chi connectivity index (χ1n) is 7.43. The molecule has 0 aliphatic carbocycles. The molecule has 0 spiro atoms. The Bertz CT molecular complexity index is 511. The molecule has 0 radical (unpaired) electrons. The molecule has 1 heterocycles. The van der Waals surface area contributed by atoms with E-state index in [1.54, 1.807) is 0 Å². The van der Waals surface area contributed by atoms with Crippen LogP contribution in [-0.2, 0) is 10.8 Å². The van der Waals surface area contributed by atoms with E-state index < -0.39 is 10.8 Å². The summed E-state index contributed by atoms with van der Waals surface area (Å²) in [6.07, 6.45) is 0. The minimum absolute atomic E-state index is 0.0610. The molecule has 0 saturated carbocycles. The molecule has 1 N–H and O–H groups in total. The van der Waals surface area contributed by atoms with Crippen LogP contribution in [0.4, 0.5) is 0 Å². The van der Waals surface area contributed by atoms with Gasteiger partial charge in [0.25, 0.3) is 0 Å². The molecule has 4 nitrogen and oxygen atoms in total. The van der Waals surface area contributed by atoms with E-state index in [4.69, 9.17) is 9.47 Å². The highest BCUT2D eigenvalue weighted by Gasteiger charge is 2.24. The van der Waals surface area contributed by atoms with Crippen LogP contribution >= 0.6 is 0 Å². The molecular formula is C16H25NO3S. The van der Waals surface area contributed by atoms with Crippen molar-refractivity contribution in [2.75, 3.05) is 25.5 Å². The Morgan fingerprint density at radius 1 is 1.24 bits per heavy atom. The number of ether oxygens (including phenoxy) is 2. The molecule has 1 aromatic rings. The second-order valence-corrected chi connectivity index (χ2v) is 8.39. The van der Waals surface area contributed by atoms with Crippen molar-refractivity contribution in [3.63, 3.8) is 0 Å². The van der Waals surface area contributed by atoms with Gasteiger partial charge in [-0.05, 0) is 45.0 Å². The number of nitrogens with one attached hydrogen (secondary N) is 1. The van der Waals surface area contributed by atoms with Gasteiger partial charge < -0.3 is 14.8 Å². The van der Waals surface area contributed by atoms with Crippen LogP contribution < -0.4 is 14.8 Å². The van der Waals surface area contributed by atoms with Gasteiger partial charge in [0.15, 0.2) is 11.5 Å². The summed E-state index contributed by atoms with van der Waals surface area (Å²) in [4.78, 5) is 0. The first kappa shape index (κ1) is 16.3. The SMILES string of the molecule is CCNC(CS(=O)C(C)(C)C)c1ccc2c(c1)OCCO2. The number of rotatable bonds is 5. The van der Waals surface area contributed by atoms with Crippen molar-refractivity contribution in [2.45, 2.75) is 38.5 Å². The van der Waals surface area contributed by atoms with Crippen molar-refractivity contribution in [2.24, 2.45) is 0 Å². The van der Waals surface area contributed by atoms with Crippen molar-refractivity contribution < 1.29 is 13.7 Å². The van der Waals surface area contributed by atoms with Gasteiger partial charge in [-0.2, -0.15) is 0 Å². The normalized spacial score (nSPS) is 17.3. The van der Waals surface area contributed by atoms with Crippen LogP contribution in [-0.4, -0.2) is 34.5 Å². The van der Waals surface area contributed by atoms with Crippen LogP contribution in [0.3, 0.4) is 0 Å². The fourth-order valence-electron chi connectivity index (χ4n) is 2.20. The highest BCUT2D eigenvalue weighted by Crippen LogP contribution is 2.33. The van der Waals surface area contributed by atoms with Crippen molar-refractivity contribution >= 4 is 10.8 Å². The summed E-state index contributed by atoms with van der Waals surface area (Å²) < 4.78 is 23.4. The van der Waals surface area contributed by atoms with Crippen molar-refractivity contribution in [1.29, 1.82) is 0 Å². The summed E-state index contributed by atoms with van der Waals surface area (Å²) in [5.41, 5.74) is 1.10. The molecule has 5 heteroatoms. The molecule has 0 amide bonds. The zero-order valence-electron chi connectivity index (χ0n) is 13.3. The fourth-order valence-corrected chi connectivity index (χ4v) is 3.31. The standard InChI is InChI=1S/C16H25NO3S/c1-5-17-13(11-21(18)16(2,3)4)12-6-7-14-15(10-12)20-9-8-19-14/h6-7,10,13,17H,5,8-9,11H2,1-4H3. The second-order valence-electron chi connectivity index (χ2n) is 6.14. The molecule has 2 atom stereocenters. The fraction of sp³-hybridized carbons (Fsp3) is 0.625. The maximum atomic E-state index is 12.4. The van der Waals surface area contributed by atoms with E-state index in [-0.39, 0.29) is 10.8 Å². The molecule has 0 aromatic heterocycles. The lowest BCUT2D eigenvalue weighted by molar-refractivity contribution is 0.171. The van der Waals surface area contributed by atoms with Gasteiger partial charge in [0.1, 0.15) is 13.2 Å². The third kappa shape index (κ3) is 4.20. The maximum Gasteiger partial charge on any atom is 0.161 e. The third-order valence-corrected chi connectivity index (χ3v) is 5.42. The zero-order chi connectivity index (χ0) is 15.5. The average molecular weight is 311 g/mol. The molecule has 0 saturated heterocycles. The highest BCUT2D eigenvalue weighted by atomic mass is 32.2. The quantitative estimate of drug-likeness (QED) is 0.908. The van der Waals surface area contributed by atoms with Crippen LogP contribution in [0.5, 0.6) is 11.5 Å². The highest BCUT2D eigenvalue weighted by molar-refractivity contribution is 7.86. The first-order chi connectivity index (χ1) is 9.91. The van der Waals surface area contributed by atoms with E-state index in [1.165, 1.54) is 0 Å². The number of fused-ring (bicyclic) bond motifs is 1. The summed E-state index contributed by atoms with van der Waals surface area (Å²) in [7, 11) is -0.906. The number of hydrogen-bond donors (Lipinski definition) is 1. The summed E-state index contributed by atoms with van der Waals surface area (Å²) in [6.45, 7) is 10.1. The molecule has 1 aliphatic rings. The van der Waals surface area contributed by atoms with Crippen LogP contribution in [0.2, 0.25) is 0 Å². The third-order valence-electron chi connectivity index (χ3n) is 3.42. The molecule has 0 bridgehead atoms. The van der Waals surface area contributed by atoms with Gasteiger partial charge in [-0.25, -0.2) is 0 Å². The van der Waals surface area contributed by atoms with Gasteiger partial charge in [-0.1, -0.05) is 13.0 Å². The Balaban J connectivity index is 2.19. The predicted molar refractivity (Wildman–Crippen MR) is 86.6 cm³/mol. The van der Waals surface area contributed by atoms with Gasteiger partial charge in [0, 0.05) is 27.3 Å². The molecule has 1 aromatic carbocycles. The lowest BCUT2D eigenvalue weighted by atomic mass is 10.1. The lowest BCUT2D eigenvalue weighted by Crippen LogP contribution is -2.32. The van der Waals surface area contributed by atoms with E-state index in [1.807, 2.05) is 39.0 Å². The van der Waals surface area contributed by atoms with Gasteiger partial charge in [-0.3, -0.25) is 4.21 Å². The van der Waals surface area contributed by atoms with E-state index >= 15 is 0 Å². The van der Waals surface area contributed by atoms with Gasteiger partial charge in [-0.15, -0.1) is 0 Å². The van der Waals surface area contributed by atoms with Crippen molar-refractivity contribution in [3.8, 4) is 11.5 Å². The monoisotopic (exact) mass is 311 g/mol. The van der Waals surface area contributed by atoms with Crippen LogP contribution in [0.15, 0.2) is 18.2 Å². The Morgan fingerprint density at radius 3 is 2.52 bits per heavy atom. The summed E-state index contributed by atoms with van der Waals surface area (Å²) in [6, 6.07) is 6.03. The zero-order valence-corrected chi connectivity index (χ0v) is 14.1. The van der Waals surface area contributed by atoms with E-state index in [2.05, 4.69) is 12.2 Å². The topological polar surface area (TPSA) is 47.6 Å². The lowest BCUT2D eigenvalue weighted by Gasteiger charge is -2.25. The maximum absolute atomic E-state index is 12.4. The molecule has 118 valence electrons. The Hall–Kier alpha value is -1.07.